The Morgan fingerprint density at radius 3 is 2.67 bits per heavy atom. The third-order valence-corrected chi connectivity index (χ3v) is 3.46. The zero-order valence-corrected chi connectivity index (χ0v) is 12.4. The van der Waals surface area contributed by atoms with Crippen molar-refractivity contribution in [3.63, 3.8) is 0 Å². The Morgan fingerprint density at radius 1 is 1.10 bits per heavy atom. The molecule has 0 bridgehead atoms. The third-order valence-electron chi connectivity index (χ3n) is 3.22. The minimum Gasteiger partial charge on any atom is -0.487 e. The Hall–Kier alpha value is -2.26. The first-order valence-corrected chi connectivity index (χ1v) is 7.09. The van der Waals surface area contributed by atoms with Gasteiger partial charge in [0.25, 0.3) is 0 Å². The largest absolute Gasteiger partial charge is 0.487 e. The van der Waals surface area contributed by atoms with Gasteiger partial charge in [-0.05, 0) is 36.8 Å². The summed E-state index contributed by atoms with van der Waals surface area (Å²) in [6.07, 6.45) is 0. The van der Waals surface area contributed by atoms with E-state index in [2.05, 4.69) is 10.2 Å². The van der Waals surface area contributed by atoms with Gasteiger partial charge in [0.05, 0.1) is 11.4 Å². The molecule has 0 amide bonds. The van der Waals surface area contributed by atoms with Gasteiger partial charge in [0, 0.05) is 10.6 Å². The molecule has 1 aromatic heterocycles. The second-order valence-corrected chi connectivity index (χ2v) is 5.28. The second kappa shape index (κ2) is 6.02. The zero-order chi connectivity index (χ0) is 14.7. The summed E-state index contributed by atoms with van der Waals surface area (Å²) in [7, 11) is 0. The van der Waals surface area contributed by atoms with Crippen molar-refractivity contribution < 1.29 is 4.74 Å². The summed E-state index contributed by atoms with van der Waals surface area (Å²) >= 11 is 5.93. The lowest BCUT2D eigenvalue weighted by atomic mass is 10.1. The van der Waals surface area contributed by atoms with Crippen molar-refractivity contribution in [3.05, 3.63) is 70.9 Å². The summed E-state index contributed by atoms with van der Waals surface area (Å²) in [5.41, 5.74) is 3.96. The highest BCUT2D eigenvalue weighted by atomic mass is 35.5. The highest BCUT2D eigenvalue weighted by Crippen LogP contribution is 2.23. The summed E-state index contributed by atoms with van der Waals surface area (Å²) in [6, 6.07) is 17.6. The van der Waals surface area contributed by atoms with Crippen LogP contribution in [0, 0.1) is 6.92 Å². The molecule has 3 aromatic rings. The van der Waals surface area contributed by atoms with Crippen molar-refractivity contribution in [2.45, 2.75) is 13.5 Å². The van der Waals surface area contributed by atoms with E-state index in [1.807, 2.05) is 61.5 Å². The number of hydrogen-bond acceptors (Lipinski definition) is 2. The number of hydrogen-bond donors (Lipinski definition) is 1. The molecule has 0 saturated heterocycles. The molecule has 1 heterocycles. The number of ether oxygens (including phenoxy) is 1. The van der Waals surface area contributed by atoms with Crippen LogP contribution in [0.1, 0.15) is 11.3 Å². The van der Waals surface area contributed by atoms with Crippen molar-refractivity contribution >= 4 is 11.6 Å². The maximum atomic E-state index is 5.93. The van der Waals surface area contributed by atoms with Crippen molar-refractivity contribution in [3.8, 4) is 17.0 Å². The molecular formula is C17H15ClN2O. The number of aryl methyl sites for hydroxylation is 1. The summed E-state index contributed by atoms with van der Waals surface area (Å²) in [6.45, 7) is 2.42. The summed E-state index contributed by atoms with van der Waals surface area (Å²) in [5, 5.41) is 8.03. The molecule has 0 fully saturated rings. The predicted octanol–water partition coefficient (Wildman–Crippen LogP) is 4.62. The summed E-state index contributed by atoms with van der Waals surface area (Å²) < 4.78 is 5.80. The smallest absolute Gasteiger partial charge is 0.130 e. The van der Waals surface area contributed by atoms with Crippen molar-refractivity contribution in [1.29, 1.82) is 0 Å². The van der Waals surface area contributed by atoms with Crippen LogP contribution >= 0.6 is 11.6 Å². The van der Waals surface area contributed by atoms with E-state index in [1.54, 1.807) is 0 Å². The fourth-order valence-electron chi connectivity index (χ4n) is 2.12. The van der Waals surface area contributed by atoms with Crippen LogP contribution in [0.4, 0.5) is 0 Å². The molecule has 21 heavy (non-hydrogen) atoms. The van der Waals surface area contributed by atoms with Gasteiger partial charge in [-0.15, -0.1) is 0 Å². The van der Waals surface area contributed by atoms with Crippen LogP contribution in [0.2, 0.25) is 5.02 Å². The minimum absolute atomic E-state index is 0.447. The van der Waals surface area contributed by atoms with Crippen LogP contribution in [0.5, 0.6) is 5.75 Å². The highest BCUT2D eigenvalue weighted by Gasteiger charge is 2.05. The quantitative estimate of drug-likeness (QED) is 0.763. The summed E-state index contributed by atoms with van der Waals surface area (Å²) in [5.74, 6) is 0.829. The van der Waals surface area contributed by atoms with E-state index >= 15 is 0 Å². The van der Waals surface area contributed by atoms with E-state index < -0.39 is 0 Å². The topological polar surface area (TPSA) is 37.9 Å². The Morgan fingerprint density at radius 2 is 1.90 bits per heavy atom. The number of nitrogens with zero attached hydrogens (tertiary/aromatic N) is 1. The average molecular weight is 299 g/mol. The second-order valence-electron chi connectivity index (χ2n) is 4.84. The van der Waals surface area contributed by atoms with Gasteiger partial charge in [-0.1, -0.05) is 41.9 Å². The van der Waals surface area contributed by atoms with Gasteiger partial charge in [-0.25, -0.2) is 0 Å². The van der Waals surface area contributed by atoms with Gasteiger partial charge in [0.1, 0.15) is 12.4 Å². The molecule has 0 saturated carbocycles. The first kappa shape index (κ1) is 13.7. The lowest BCUT2D eigenvalue weighted by molar-refractivity contribution is 0.299. The standard InChI is InChI=1S/C17H15ClN2O/c1-12-9-14(18)7-8-17(12)21-11-15-10-16(20-19-15)13-5-3-2-4-6-13/h2-10H,11H2,1H3,(H,19,20). The molecule has 0 aliphatic rings. The third kappa shape index (κ3) is 3.26. The number of benzene rings is 2. The average Bonchev–Trinajstić information content (AvgIpc) is 2.96. The van der Waals surface area contributed by atoms with E-state index in [9.17, 15) is 0 Å². The molecule has 0 spiro atoms. The molecule has 0 radical (unpaired) electrons. The Bertz CT molecular complexity index is 738. The first-order valence-electron chi connectivity index (χ1n) is 6.71. The van der Waals surface area contributed by atoms with Crippen molar-refractivity contribution in [2.75, 3.05) is 0 Å². The Labute approximate surface area is 128 Å². The molecule has 106 valence electrons. The maximum Gasteiger partial charge on any atom is 0.130 e. The molecule has 1 N–H and O–H groups in total. The number of nitrogens with one attached hydrogen (secondary N) is 1. The SMILES string of the molecule is Cc1cc(Cl)ccc1OCc1cc(-c2ccccc2)n[nH]1. The highest BCUT2D eigenvalue weighted by molar-refractivity contribution is 6.30. The van der Waals surface area contributed by atoms with Crippen LogP contribution in [-0.4, -0.2) is 10.2 Å². The fourth-order valence-corrected chi connectivity index (χ4v) is 2.35. The van der Waals surface area contributed by atoms with Gasteiger partial charge >= 0.3 is 0 Å². The molecule has 2 aromatic carbocycles. The molecule has 4 heteroatoms. The molecule has 3 rings (SSSR count). The zero-order valence-electron chi connectivity index (χ0n) is 11.6. The number of aromatic nitrogens is 2. The number of aromatic amines is 1. The van der Waals surface area contributed by atoms with Gasteiger partial charge in [0.15, 0.2) is 0 Å². The van der Waals surface area contributed by atoms with Crippen LogP contribution in [0.25, 0.3) is 11.3 Å². The number of rotatable bonds is 4. The summed E-state index contributed by atoms with van der Waals surface area (Å²) in [4.78, 5) is 0. The van der Waals surface area contributed by atoms with Crippen LogP contribution in [-0.2, 0) is 6.61 Å². The number of H-pyrrole nitrogens is 1. The lowest BCUT2D eigenvalue weighted by Crippen LogP contribution is -1.97. The lowest BCUT2D eigenvalue weighted by Gasteiger charge is -2.07. The minimum atomic E-state index is 0.447. The number of halogens is 1. The van der Waals surface area contributed by atoms with E-state index in [4.69, 9.17) is 16.3 Å². The molecule has 3 nitrogen and oxygen atoms in total. The molecule has 0 atom stereocenters. The molecule has 0 aliphatic carbocycles. The van der Waals surface area contributed by atoms with E-state index in [1.165, 1.54) is 0 Å². The predicted molar refractivity (Wildman–Crippen MR) is 84.5 cm³/mol. The van der Waals surface area contributed by atoms with Gasteiger partial charge < -0.3 is 4.74 Å². The molecule has 0 aliphatic heterocycles. The van der Waals surface area contributed by atoms with E-state index in [0.29, 0.717) is 11.6 Å². The van der Waals surface area contributed by atoms with Gasteiger partial charge in [0.2, 0.25) is 0 Å². The molecule has 0 unspecified atom stereocenters. The fraction of sp³-hybridized carbons (Fsp3) is 0.118. The van der Waals surface area contributed by atoms with Crippen molar-refractivity contribution in [1.82, 2.24) is 10.2 Å². The van der Waals surface area contributed by atoms with Gasteiger partial charge in [-0.3, -0.25) is 5.10 Å². The van der Waals surface area contributed by atoms with Crippen LogP contribution < -0.4 is 4.74 Å². The molecular weight excluding hydrogens is 284 g/mol. The van der Waals surface area contributed by atoms with Crippen LogP contribution in [0.15, 0.2) is 54.6 Å². The first-order chi connectivity index (χ1) is 10.2. The van der Waals surface area contributed by atoms with Gasteiger partial charge in [-0.2, -0.15) is 5.10 Å². The van der Waals surface area contributed by atoms with Crippen molar-refractivity contribution in [2.24, 2.45) is 0 Å². The normalized spacial score (nSPS) is 10.6. The van der Waals surface area contributed by atoms with E-state index in [-0.39, 0.29) is 0 Å². The Kier molecular flexibility index (Phi) is 3.93. The maximum absolute atomic E-state index is 5.93. The Balaban J connectivity index is 1.70. The van der Waals surface area contributed by atoms with Crippen LogP contribution in [0.3, 0.4) is 0 Å². The van der Waals surface area contributed by atoms with E-state index in [0.717, 1.165) is 28.3 Å². The monoisotopic (exact) mass is 298 g/mol.